The Kier molecular flexibility index (Phi) is 8.25. The van der Waals surface area contributed by atoms with E-state index in [1.54, 1.807) is 11.8 Å². The molecular weight excluding hydrogens is 597 g/mol. The van der Waals surface area contributed by atoms with Crippen molar-refractivity contribution in [2.75, 3.05) is 0 Å². The molecule has 5 aromatic rings. The second-order valence-corrected chi connectivity index (χ2v) is 13.2. The van der Waals surface area contributed by atoms with E-state index in [1.807, 2.05) is 37.3 Å². The van der Waals surface area contributed by atoms with Crippen LogP contribution in [-0.4, -0.2) is 4.98 Å². The zero-order chi connectivity index (χ0) is 31.7. The highest BCUT2D eigenvalue weighted by Crippen LogP contribution is 2.57. The van der Waals surface area contributed by atoms with E-state index < -0.39 is 5.41 Å². The van der Waals surface area contributed by atoms with Crippen LogP contribution in [0.2, 0.25) is 0 Å². The maximum atomic E-state index is 6.57. The lowest BCUT2D eigenvalue weighted by Gasteiger charge is -2.41. The standard InChI is InChI=1S/C42H36N2S2/c1-3-5-7-12-26-42(32-18-9-11-23-38(32)46-39-27-28(24-25-33(39)42)34(43)19-6-4-2)41-30(17-14-22-37(41)45)29-16-13-21-36-40(29)31-15-8-10-20-35(31)44-36/h3-7,9-14,16-27,44-45H,1,8,15,43H2,2H3/b6-4-,7-5-,26-12-,34-19-. The molecule has 0 fully saturated rings. The fourth-order valence-corrected chi connectivity index (χ4v) is 8.63. The van der Waals surface area contributed by atoms with Crippen LogP contribution in [0.25, 0.3) is 33.8 Å². The van der Waals surface area contributed by atoms with Crippen LogP contribution in [0.4, 0.5) is 0 Å². The number of allylic oxidation sites excluding steroid dienone is 9. The number of hydrogen-bond acceptors (Lipinski definition) is 3. The van der Waals surface area contributed by atoms with Gasteiger partial charge in [0.25, 0.3) is 0 Å². The van der Waals surface area contributed by atoms with Crippen LogP contribution in [0.5, 0.6) is 0 Å². The molecule has 1 aliphatic heterocycles. The number of aryl methyl sites for hydroxylation is 1. The van der Waals surface area contributed by atoms with E-state index in [9.17, 15) is 0 Å². The molecule has 0 saturated carbocycles. The monoisotopic (exact) mass is 632 g/mol. The molecule has 0 saturated heterocycles. The normalized spacial score (nSPS) is 17.6. The highest BCUT2D eigenvalue weighted by atomic mass is 32.2. The van der Waals surface area contributed by atoms with E-state index in [4.69, 9.17) is 18.4 Å². The van der Waals surface area contributed by atoms with E-state index in [2.05, 4.69) is 121 Å². The molecule has 0 amide bonds. The third-order valence-corrected chi connectivity index (χ3v) is 10.5. The van der Waals surface area contributed by atoms with Gasteiger partial charge in [0, 0.05) is 37.0 Å². The third kappa shape index (κ3) is 5.02. The van der Waals surface area contributed by atoms with Crippen molar-refractivity contribution < 1.29 is 0 Å². The fraction of sp³-hybridized carbons (Fsp3) is 0.0952. The molecule has 1 unspecified atom stereocenters. The predicted molar refractivity (Wildman–Crippen MR) is 201 cm³/mol. The lowest BCUT2D eigenvalue weighted by Crippen LogP contribution is -2.32. The zero-order valence-corrected chi connectivity index (χ0v) is 27.5. The molecule has 7 rings (SSSR count). The summed E-state index contributed by atoms with van der Waals surface area (Å²) in [4.78, 5) is 7.03. The highest BCUT2D eigenvalue weighted by molar-refractivity contribution is 7.99. The number of rotatable bonds is 7. The number of nitrogens with two attached hydrogens (primary N) is 1. The van der Waals surface area contributed by atoms with Gasteiger partial charge in [-0.2, -0.15) is 0 Å². The van der Waals surface area contributed by atoms with Crippen molar-refractivity contribution in [1.29, 1.82) is 0 Å². The minimum Gasteiger partial charge on any atom is -0.398 e. The van der Waals surface area contributed by atoms with Crippen LogP contribution >= 0.6 is 24.4 Å². The topological polar surface area (TPSA) is 41.8 Å². The van der Waals surface area contributed by atoms with E-state index in [0.29, 0.717) is 0 Å². The second-order valence-electron chi connectivity index (χ2n) is 11.6. The van der Waals surface area contributed by atoms with Gasteiger partial charge in [-0.05, 0) is 95.1 Å². The van der Waals surface area contributed by atoms with Crippen LogP contribution in [0.1, 0.15) is 46.9 Å². The van der Waals surface area contributed by atoms with Gasteiger partial charge in [0.2, 0.25) is 0 Å². The Morgan fingerprint density at radius 1 is 0.913 bits per heavy atom. The van der Waals surface area contributed by atoms with E-state index >= 15 is 0 Å². The molecule has 4 heteroatoms. The van der Waals surface area contributed by atoms with Gasteiger partial charge in [0.1, 0.15) is 0 Å². The summed E-state index contributed by atoms with van der Waals surface area (Å²) < 4.78 is 0. The Balaban J connectivity index is 1.58. The summed E-state index contributed by atoms with van der Waals surface area (Å²) in [5.41, 5.74) is 17.4. The first-order valence-corrected chi connectivity index (χ1v) is 16.9. The highest BCUT2D eigenvalue weighted by Gasteiger charge is 2.43. The average molecular weight is 633 g/mol. The van der Waals surface area contributed by atoms with Crippen LogP contribution in [0.15, 0.2) is 155 Å². The molecule has 0 spiro atoms. The summed E-state index contributed by atoms with van der Waals surface area (Å²) in [7, 11) is 0. The van der Waals surface area contributed by atoms with Gasteiger partial charge in [-0.25, -0.2) is 0 Å². The maximum absolute atomic E-state index is 6.57. The van der Waals surface area contributed by atoms with E-state index in [0.717, 1.165) is 40.1 Å². The van der Waals surface area contributed by atoms with Gasteiger partial charge in [0.05, 0.1) is 5.41 Å². The Morgan fingerprint density at radius 2 is 1.74 bits per heavy atom. The van der Waals surface area contributed by atoms with Gasteiger partial charge in [-0.15, -0.1) is 12.6 Å². The average Bonchev–Trinajstić information content (AvgIpc) is 3.47. The maximum Gasteiger partial charge on any atom is 0.0674 e. The molecule has 1 aromatic heterocycles. The van der Waals surface area contributed by atoms with Gasteiger partial charge in [-0.1, -0.05) is 122 Å². The molecule has 4 aromatic carbocycles. The third-order valence-electron chi connectivity index (χ3n) is 8.98. The number of thiol groups is 1. The number of aromatic nitrogens is 1. The van der Waals surface area contributed by atoms with Gasteiger partial charge in [-0.3, -0.25) is 0 Å². The van der Waals surface area contributed by atoms with Crippen LogP contribution in [0.3, 0.4) is 0 Å². The fourth-order valence-electron chi connectivity index (χ4n) is 7.00. The molecule has 1 atom stereocenters. The van der Waals surface area contributed by atoms with Gasteiger partial charge in [0.15, 0.2) is 0 Å². The van der Waals surface area contributed by atoms with Crippen LogP contribution in [-0.2, 0) is 11.8 Å². The first-order chi connectivity index (χ1) is 22.6. The van der Waals surface area contributed by atoms with Crippen molar-refractivity contribution in [3.8, 4) is 11.1 Å². The summed E-state index contributed by atoms with van der Waals surface area (Å²) in [5.74, 6) is 0. The Hall–Kier alpha value is -4.64. The SMILES string of the molecule is C=C/C=C\C=C/C1(c2c(S)cccc2-c2cccc3[nH]c4c(c23)CCC=C4)c2ccccc2Sc2cc(/C(N)=C/C=C\C)ccc21. The first kappa shape index (κ1) is 30.0. The van der Waals surface area contributed by atoms with Crippen LogP contribution in [0, 0.1) is 0 Å². The zero-order valence-electron chi connectivity index (χ0n) is 25.8. The molecule has 1 aliphatic carbocycles. The van der Waals surface area contributed by atoms with E-state index in [-0.39, 0.29) is 0 Å². The number of aromatic amines is 1. The molecule has 0 radical (unpaired) electrons. The number of fused-ring (bicyclic) bond motifs is 5. The largest absolute Gasteiger partial charge is 0.398 e. The lowest BCUT2D eigenvalue weighted by atomic mass is 9.66. The molecule has 46 heavy (non-hydrogen) atoms. The molecular formula is C42H36N2S2. The number of H-pyrrole nitrogens is 1. The quantitative estimate of drug-likeness (QED) is 0.123. The van der Waals surface area contributed by atoms with Crippen molar-refractivity contribution >= 4 is 47.1 Å². The predicted octanol–water partition coefficient (Wildman–Crippen LogP) is 11.1. The van der Waals surface area contributed by atoms with Gasteiger partial charge >= 0.3 is 0 Å². The molecule has 3 N–H and O–H groups in total. The summed E-state index contributed by atoms with van der Waals surface area (Å²) in [6, 6.07) is 28.6. The second kappa shape index (κ2) is 12.6. The van der Waals surface area contributed by atoms with Gasteiger partial charge < -0.3 is 10.7 Å². The minimum absolute atomic E-state index is 0.644. The summed E-state index contributed by atoms with van der Waals surface area (Å²) in [5, 5.41) is 1.30. The number of nitrogens with one attached hydrogen (secondary N) is 1. The van der Waals surface area contributed by atoms with Crippen molar-refractivity contribution in [3.05, 3.63) is 174 Å². The van der Waals surface area contributed by atoms with Crippen molar-refractivity contribution in [2.24, 2.45) is 5.73 Å². The summed E-state index contributed by atoms with van der Waals surface area (Å²) >= 11 is 7.07. The molecule has 0 bridgehead atoms. The molecule has 226 valence electrons. The lowest BCUT2D eigenvalue weighted by molar-refractivity contribution is 0.718. The summed E-state index contributed by atoms with van der Waals surface area (Å²) in [6.45, 7) is 5.90. The Bertz CT molecular complexity index is 2140. The molecule has 2 heterocycles. The molecule has 2 nitrogen and oxygen atoms in total. The summed E-state index contributed by atoms with van der Waals surface area (Å²) in [6.07, 6.45) is 22.8. The van der Waals surface area contributed by atoms with Crippen molar-refractivity contribution in [2.45, 2.75) is 39.9 Å². The Morgan fingerprint density at radius 3 is 2.61 bits per heavy atom. The smallest absolute Gasteiger partial charge is 0.0674 e. The number of hydrogen-bond donors (Lipinski definition) is 3. The van der Waals surface area contributed by atoms with E-state index in [1.165, 1.54) is 48.7 Å². The Labute approximate surface area is 281 Å². The minimum atomic E-state index is -0.644. The van der Waals surface area contributed by atoms with Crippen LogP contribution < -0.4 is 5.73 Å². The number of benzene rings is 4. The van der Waals surface area contributed by atoms with Crippen molar-refractivity contribution in [1.82, 2.24) is 4.98 Å². The first-order valence-electron chi connectivity index (χ1n) is 15.7. The molecule has 2 aliphatic rings. The van der Waals surface area contributed by atoms with Crippen molar-refractivity contribution in [3.63, 3.8) is 0 Å².